The standard InChI is InChI=1S/C18H28O3/c1-2-3-4-6-11-17(16-12-7-5-8-13-16)14-9-10-15-21-18(19)20/h5,7-8,12-13,17H,2-4,6,9-11,14-15H2,1H3,(H,19,20). The Labute approximate surface area is 128 Å². The summed E-state index contributed by atoms with van der Waals surface area (Å²) in [7, 11) is 0. The van der Waals surface area contributed by atoms with E-state index in [2.05, 4.69) is 42.0 Å². The van der Waals surface area contributed by atoms with Crippen LogP contribution in [0.25, 0.3) is 0 Å². The Morgan fingerprint density at radius 1 is 1.05 bits per heavy atom. The first-order valence-corrected chi connectivity index (χ1v) is 8.14. The van der Waals surface area contributed by atoms with Crippen LogP contribution in [0.2, 0.25) is 0 Å². The highest BCUT2D eigenvalue weighted by Gasteiger charge is 2.11. The van der Waals surface area contributed by atoms with Crippen molar-refractivity contribution in [3.8, 4) is 0 Å². The third-order valence-corrected chi connectivity index (χ3v) is 3.85. The zero-order chi connectivity index (χ0) is 15.3. The van der Waals surface area contributed by atoms with Crippen molar-refractivity contribution in [1.82, 2.24) is 0 Å². The van der Waals surface area contributed by atoms with Gasteiger partial charge in [0, 0.05) is 0 Å². The lowest BCUT2D eigenvalue weighted by atomic mass is 9.88. The number of carbonyl (C=O) groups is 1. The highest BCUT2D eigenvalue weighted by Crippen LogP contribution is 2.27. The van der Waals surface area contributed by atoms with Gasteiger partial charge in [0.25, 0.3) is 0 Å². The molecular weight excluding hydrogens is 264 g/mol. The van der Waals surface area contributed by atoms with Crippen molar-refractivity contribution in [1.29, 1.82) is 0 Å². The van der Waals surface area contributed by atoms with Gasteiger partial charge < -0.3 is 9.84 Å². The summed E-state index contributed by atoms with van der Waals surface area (Å²) in [6.45, 7) is 2.55. The number of hydrogen-bond acceptors (Lipinski definition) is 2. The van der Waals surface area contributed by atoms with Crippen molar-refractivity contribution >= 4 is 6.16 Å². The average Bonchev–Trinajstić information content (AvgIpc) is 2.49. The number of unbranched alkanes of at least 4 members (excludes halogenated alkanes) is 4. The molecule has 0 fully saturated rings. The predicted molar refractivity (Wildman–Crippen MR) is 85.8 cm³/mol. The quantitative estimate of drug-likeness (QED) is 0.426. The molecular formula is C18H28O3. The molecule has 0 aliphatic rings. The highest BCUT2D eigenvalue weighted by atomic mass is 16.7. The van der Waals surface area contributed by atoms with E-state index < -0.39 is 6.16 Å². The lowest BCUT2D eigenvalue weighted by Crippen LogP contribution is -2.04. The predicted octanol–water partition coefficient (Wildman–Crippen LogP) is 5.61. The monoisotopic (exact) mass is 292 g/mol. The minimum Gasteiger partial charge on any atom is -0.450 e. The summed E-state index contributed by atoms with van der Waals surface area (Å²) in [5.74, 6) is 0.591. The minimum atomic E-state index is -1.17. The summed E-state index contributed by atoms with van der Waals surface area (Å²) in [5, 5.41) is 8.44. The maximum Gasteiger partial charge on any atom is 0.505 e. The van der Waals surface area contributed by atoms with Crippen molar-refractivity contribution in [2.45, 2.75) is 64.2 Å². The van der Waals surface area contributed by atoms with E-state index in [1.165, 1.54) is 37.7 Å². The lowest BCUT2D eigenvalue weighted by Gasteiger charge is -2.17. The maximum atomic E-state index is 10.3. The second kappa shape index (κ2) is 11.2. The number of benzene rings is 1. The SMILES string of the molecule is CCCCCCC(CCCCOC(=O)O)c1ccccc1. The Balaban J connectivity index is 2.35. The molecule has 1 aromatic rings. The van der Waals surface area contributed by atoms with Gasteiger partial charge in [0.2, 0.25) is 0 Å². The molecule has 1 atom stereocenters. The second-order valence-corrected chi connectivity index (χ2v) is 5.57. The van der Waals surface area contributed by atoms with Crippen molar-refractivity contribution in [3.05, 3.63) is 35.9 Å². The smallest absolute Gasteiger partial charge is 0.450 e. The first kappa shape index (κ1) is 17.5. The van der Waals surface area contributed by atoms with Crippen molar-refractivity contribution in [2.75, 3.05) is 6.61 Å². The van der Waals surface area contributed by atoms with E-state index in [4.69, 9.17) is 5.11 Å². The van der Waals surface area contributed by atoms with Gasteiger partial charge in [0.15, 0.2) is 0 Å². The zero-order valence-electron chi connectivity index (χ0n) is 13.1. The molecule has 0 aromatic heterocycles. The second-order valence-electron chi connectivity index (χ2n) is 5.57. The van der Waals surface area contributed by atoms with Gasteiger partial charge in [-0.1, -0.05) is 62.9 Å². The summed E-state index contributed by atoms with van der Waals surface area (Å²) < 4.78 is 4.56. The van der Waals surface area contributed by atoms with E-state index in [0.717, 1.165) is 19.3 Å². The Kier molecular flexibility index (Phi) is 9.34. The highest BCUT2D eigenvalue weighted by molar-refractivity contribution is 5.56. The van der Waals surface area contributed by atoms with Crippen molar-refractivity contribution < 1.29 is 14.6 Å². The summed E-state index contributed by atoms with van der Waals surface area (Å²) in [6, 6.07) is 10.7. The third-order valence-electron chi connectivity index (χ3n) is 3.85. The molecule has 0 saturated carbocycles. The molecule has 0 spiro atoms. The summed E-state index contributed by atoms with van der Waals surface area (Å²) in [4.78, 5) is 10.3. The number of carboxylic acid groups (broad SMARTS) is 1. The van der Waals surface area contributed by atoms with Gasteiger partial charge in [-0.3, -0.25) is 0 Å². The van der Waals surface area contributed by atoms with Gasteiger partial charge in [0.1, 0.15) is 0 Å². The van der Waals surface area contributed by atoms with Crippen LogP contribution in [-0.4, -0.2) is 17.9 Å². The van der Waals surface area contributed by atoms with Crippen LogP contribution >= 0.6 is 0 Å². The maximum absolute atomic E-state index is 10.3. The first-order valence-electron chi connectivity index (χ1n) is 8.14. The molecule has 0 aliphatic heterocycles. The molecule has 0 radical (unpaired) electrons. The van der Waals surface area contributed by atoms with Crippen LogP contribution < -0.4 is 0 Å². The Bertz CT molecular complexity index is 375. The molecule has 3 nitrogen and oxygen atoms in total. The first-order chi connectivity index (χ1) is 10.2. The largest absolute Gasteiger partial charge is 0.505 e. The van der Waals surface area contributed by atoms with Gasteiger partial charge in [-0.05, 0) is 37.2 Å². The van der Waals surface area contributed by atoms with Crippen LogP contribution in [0, 0.1) is 0 Å². The summed E-state index contributed by atoms with van der Waals surface area (Å²) >= 11 is 0. The van der Waals surface area contributed by atoms with Gasteiger partial charge in [-0.2, -0.15) is 0 Å². The van der Waals surface area contributed by atoms with E-state index >= 15 is 0 Å². The Morgan fingerprint density at radius 3 is 2.33 bits per heavy atom. The fourth-order valence-corrected chi connectivity index (χ4v) is 2.67. The fraction of sp³-hybridized carbons (Fsp3) is 0.611. The number of hydrogen-bond donors (Lipinski definition) is 1. The van der Waals surface area contributed by atoms with E-state index in [9.17, 15) is 4.79 Å². The molecule has 0 bridgehead atoms. The lowest BCUT2D eigenvalue weighted by molar-refractivity contribution is 0.0898. The Morgan fingerprint density at radius 2 is 1.71 bits per heavy atom. The zero-order valence-corrected chi connectivity index (χ0v) is 13.1. The fourth-order valence-electron chi connectivity index (χ4n) is 2.67. The van der Waals surface area contributed by atoms with Crippen LogP contribution in [-0.2, 0) is 4.74 Å². The van der Waals surface area contributed by atoms with E-state index in [1.54, 1.807) is 0 Å². The van der Waals surface area contributed by atoms with Crippen molar-refractivity contribution in [2.24, 2.45) is 0 Å². The normalized spacial score (nSPS) is 12.0. The van der Waals surface area contributed by atoms with E-state index in [0.29, 0.717) is 12.5 Å². The van der Waals surface area contributed by atoms with Gasteiger partial charge in [-0.25, -0.2) is 4.79 Å². The minimum absolute atomic E-state index is 0.312. The Hall–Kier alpha value is -1.51. The number of ether oxygens (including phenoxy) is 1. The van der Waals surface area contributed by atoms with Crippen LogP contribution in [0.5, 0.6) is 0 Å². The average molecular weight is 292 g/mol. The summed E-state index contributed by atoms with van der Waals surface area (Å²) in [6.07, 6.45) is 8.15. The molecule has 0 heterocycles. The number of rotatable bonds is 11. The van der Waals surface area contributed by atoms with Crippen molar-refractivity contribution in [3.63, 3.8) is 0 Å². The van der Waals surface area contributed by atoms with Crippen LogP contribution in [0.15, 0.2) is 30.3 Å². The molecule has 0 amide bonds. The molecule has 1 rings (SSSR count). The molecule has 0 saturated heterocycles. The summed E-state index contributed by atoms with van der Waals surface area (Å²) in [5.41, 5.74) is 1.41. The molecule has 0 aliphatic carbocycles. The van der Waals surface area contributed by atoms with Crippen LogP contribution in [0.4, 0.5) is 4.79 Å². The topological polar surface area (TPSA) is 46.5 Å². The molecule has 21 heavy (non-hydrogen) atoms. The van der Waals surface area contributed by atoms with E-state index in [-0.39, 0.29) is 0 Å². The third kappa shape index (κ3) is 8.38. The van der Waals surface area contributed by atoms with Crippen LogP contribution in [0.1, 0.15) is 69.8 Å². The molecule has 118 valence electrons. The molecule has 1 N–H and O–H groups in total. The van der Waals surface area contributed by atoms with Gasteiger partial charge in [-0.15, -0.1) is 0 Å². The van der Waals surface area contributed by atoms with E-state index in [1.807, 2.05) is 0 Å². The van der Waals surface area contributed by atoms with Crippen LogP contribution in [0.3, 0.4) is 0 Å². The van der Waals surface area contributed by atoms with Gasteiger partial charge >= 0.3 is 6.16 Å². The van der Waals surface area contributed by atoms with Gasteiger partial charge in [0.05, 0.1) is 6.61 Å². The molecule has 1 unspecified atom stereocenters. The molecule has 3 heteroatoms. The molecule has 1 aromatic carbocycles.